The minimum Gasteiger partial charge on any atom is -0.351 e. The molecular weight excluding hydrogens is 265 g/mol. The van der Waals surface area contributed by atoms with Gasteiger partial charge in [0, 0.05) is 6.54 Å². The van der Waals surface area contributed by atoms with Gasteiger partial charge >= 0.3 is 6.18 Å². The van der Waals surface area contributed by atoms with Gasteiger partial charge in [0.15, 0.2) is 5.01 Å². The highest BCUT2D eigenvalue weighted by atomic mass is 32.1. The van der Waals surface area contributed by atoms with Crippen LogP contribution in [-0.4, -0.2) is 17.4 Å². The lowest BCUT2D eigenvalue weighted by Crippen LogP contribution is -2.24. The molecule has 0 spiro atoms. The molecule has 3 nitrogen and oxygen atoms in total. The topological polar surface area (TPSA) is 42.0 Å². The van der Waals surface area contributed by atoms with Crippen LogP contribution in [0.4, 0.5) is 13.2 Å². The number of halogens is 3. The van der Waals surface area contributed by atoms with Gasteiger partial charge in [-0.1, -0.05) is 19.8 Å². The van der Waals surface area contributed by atoms with E-state index in [0.717, 1.165) is 19.3 Å². The molecule has 0 saturated heterocycles. The lowest BCUT2D eigenvalue weighted by molar-refractivity contribution is -0.137. The van der Waals surface area contributed by atoms with Crippen molar-refractivity contribution < 1.29 is 18.0 Å². The largest absolute Gasteiger partial charge is 0.443 e. The fourth-order valence-electron chi connectivity index (χ4n) is 1.39. The minimum absolute atomic E-state index is 0.0406. The second-order valence-electron chi connectivity index (χ2n) is 3.89. The lowest BCUT2D eigenvalue weighted by Gasteiger charge is -2.02. The van der Waals surface area contributed by atoms with Gasteiger partial charge in [0.05, 0.1) is 5.69 Å². The first-order valence-corrected chi connectivity index (χ1v) is 6.50. The van der Waals surface area contributed by atoms with E-state index >= 15 is 0 Å². The normalized spacial score (nSPS) is 11.6. The molecule has 7 heteroatoms. The van der Waals surface area contributed by atoms with Gasteiger partial charge in [-0.2, -0.15) is 13.2 Å². The Bertz CT molecular complexity index is 415. The standard InChI is InChI=1S/C11H15F3N2OS/c1-3-4-5-6-15-9(17)8-7(2)16-10(18-8)11(12,13)14/h3-6H2,1-2H3,(H,15,17). The number of unbranched alkanes of at least 4 members (excludes halogenated alkanes) is 2. The first kappa shape index (κ1) is 14.9. The minimum atomic E-state index is -4.49. The maximum Gasteiger partial charge on any atom is 0.443 e. The molecule has 0 fully saturated rings. The lowest BCUT2D eigenvalue weighted by atomic mass is 10.2. The number of aryl methyl sites for hydroxylation is 1. The number of hydrogen-bond acceptors (Lipinski definition) is 3. The van der Waals surface area contributed by atoms with Crippen LogP contribution in [0.15, 0.2) is 0 Å². The summed E-state index contributed by atoms with van der Waals surface area (Å²) in [7, 11) is 0. The number of hydrogen-bond donors (Lipinski definition) is 1. The molecule has 0 bridgehead atoms. The molecule has 0 aliphatic rings. The molecule has 0 aliphatic heterocycles. The number of rotatable bonds is 5. The van der Waals surface area contributed by atoms with Crippen LogP contribution in [-0.2, 0) is 6.18 Å². The fourth-order valence-corrected chi connectivity index (χ4v) is 2.24. The van der Waals surface area contributed by atoms with Crippen molar-refractivity contribution in [2.24, 2.45) is 0 Å². The number of carbonyl (C=O) groups excluding carboxylic acids is 1. The molecule has 0 aromatic carbocycles. The van der Waals surface area contributed by atoms with Crippen LogP contribution in [0, 0.1) is 6.92 Å². The van der Waals surface area contributed by atoms with E-state index in [9.17, 15) is 18.0 Å². The number of nitrogens with one attached hydrogen (secondary N) is 1. The fraction of sp³-hybridized carbons (Fsp3) is 0.636. The van der Waals surface area contributed by atoms with E-state index < -0.39 is 17.1 Å². The third-order valence-corrected chi connectivity index (χ3v) is 3.51. The highest BCUT2D eigenvalue weighted by Gasteiger charge is 2.36. The predicted octanol–water partition coefficient (Wildman–Crippen LogP) is 3.39. The van der Waals surface area contributed by atoms with E-state index in [1.165, 1.54) is 6.92 Å². The summed E-state index contributed by atoms with van der Waals surface area (Å²) in [5.41, 5.74) is 0.125. The summed E-state index contributed by atoms with van der Waals surface area (Å²) in [4.78, 5) is 15.1. The molecule has 0 saturated carbocycles. The summed E-state index contributed by atoms with van der Waals surface area (Å²) in [6, 6.07) is 0. The van der Waals surface area contributed by atoms with Gasteiger partial charge in [-0.15, -0.1) is 11.3 Å². The molecular formula is C11H15F3N2OS. The first-order chi connectivity index (χ1) is 8.36. The Hall–Kier alpha value is -1.11. The summed E-state index contributed by atoms with van der Waals surface area (Å²) in [5, 5.41) is 1.63. The zero-order valence-electron chi connectivity index (χ0n) is 10.2. The van der Waals surface area contributed by atoms with Crippen LogP contribution in [0.1, 0.15) is 46.6 Å². The van der Waals surface area contributed by atoms with Crippen LogP contribution in [0.2, 0.25) is 0 Å². The average molecular weight is 280 g/mol. The maximum absolute atomic E-state index is 12.4. The summed E-state index contributed by atoms with van der Waals surface area (Å²) < 4.78 is 37.2. The van der Waals surface area contributed by atoms with E-state index in [4.69, 9.17) is 0 Å². The van der Waals surface area contributed by atoms with Crippen molar-refractivity contribution in [3.05, 3.63) is 15.6 Å². The van der Waals surface area contributed by atoms with Crippen molar-refractivity contribution in [2.45, 2.75) is 39.3 Å². The van der Waals surface area contributed by atoms with Crippen molar-refractivity contribution in [1.29, 1.82) is 0 Å². The molecule has 1 heterocycles. The molecule has 102 valence electrons. The predicted molar refractivity (Wildman–Crippen MR) is 63.7 cm³/mol. The van der Waals surface area contributed by atoms with Crippen molar-refractivity contribution >= 4 is 17.2 Å². The van der Waals surface area contributed by atoms with Crippen molar-refractivity contribution in [3.8, 4) is 0 Å². The maximum atomic E-state index is 12.4. The van der Waals surface area contributed by atoms with E-state index in [-0.39, 0.29) is 10.6 Å². The zero-order chi connectivity index (χ0) is 13.8. The molecule has 0 aliphatic carbocycles. The Morgan fingerprint density at radius 1 is 1.39 bits per heavy atom. The van der Waals surface area contributed by atoms with E-state index in [2.05, 4.69) is 10.3 Å². The molecule has 1 N–H and O–H groups in total. The van der Waals surface area contributed by atoms with Gasteiger partial charge in [0.2, 0.25) is 0 Å². The number of carbonyl (C=O) groups is 1. The monoisotopic (exact) mass is 280 g/mol. The Kier molecular flexibility index (Phi) is 5.13. The third kappa shape index (κ3) is 3.97. The van der Waals surface area contributed by atoms with Crippen LogP contribution < -0.4 is 5.32 Å². The van der Waals surface area contributed by atoms with E-state index in [0.29, 0.717) is 17.9 Å². The van der Waals surface area contributed by atoms with Gasteiger partial charge in [0.1, 0.15) is 4.88 Å². The van der Waals surface area contributed by atoms with Gasteiger partial charge in [-0.25, -0.2) is 4.98 Å². The summed E-state index contributed by atoms with van der Waals surface area (Å²) in [6.07, 6.45) is -1.66. The van der Waals surface area contributed by atoms with Crippen molar-refractivity contribution in [1.82, 2.24) is 10.3 Å². The highest BCUT2D eigenvalue weighted by molar-refractivity contribution is 7.13. The molecule has 0 unspecified atom stereocenters. The quantitative estimate of drug-likeness (QED) is 0.840. The van der Waals surface area contributed by atoms with Crippen LogP contribution in [0.5, 0.6) is 0 Å². The van der Waals surface area contributed by atoms with Gasteiger partial charge < -0.3 is 5.32 Å². The van der Waals surface area contributed by atoms with Crippen LogP contribution in [0.3, 0.4) is 0 Å². The van der Waals surface area contributed by atoms with E-state index in [1.54, 1.807) is 0 Å². The number of nitrogens with zero attached hydrogens (tertiary/aromatic N) is 1. The van der Waals surface area contributed by atoms with E-state index in [1.807, 2.05) is 6.92 Å². The molecule has 0 radical (unpaired) electrons. The first-order valence-electron chi connectivity index (χ1n) is 5.69. The summed E-state index contributed by atoms with van der Waals surface area (Å²) in [5.74, 6) is -0.475. The highest BCUT2D eigenvalue weighted by Crippen LogP contribution is 2.33. The van der Waals surface area contributed by atoms with Gasteiger partial charge in [-0.05, 0) is 13.3 Å². The molecule has 1 rings (SSSR count). The average Bonchev–Trinajstić information content (AvgIpc) is 2.66. The summed E-state index contributed by atoms with van der Waals surface area (Å²) >= 11 is 0.390. The molecule has 0 atom stereocenters. The molecule has 18 heavy (non-hydrogen) atoms. The smallest absolute Gasteiger partial charge is 0.351 e. The Balaban J connectivity index is 2.66. The Morgan fingerprint density at radius 2 is 2.06 bits per heavy atom. The number of alkyl halides is 3. The second-order valence-corrected chi connectivity index (χ2v) is 4.89. The molecule has 1 aromatic rings. The van der Waals surface area contributed by atoms with Crippen molar-refractivity contribution in [3.63, 3.8) is 0 Å². The second kappa shape index (κ2) is 6.17. The van der Waals surface area contributed by atoms with Gasteiger partial charge in [0.25, 0.3) is 5.91 Å². The number of thiazole rings is 1. The van der Waals surface area contributed by atoms with Crippen molar-refractivity contribution in [2.75, 3.05) is 6.54 Å². The SMILES string of the molecule is CCCCCNC(=O)c1sc(C(F)(F)F)nc1C. The zero-order valence-corrected chi connectivity index (χ0v) is 11.0. The number of aromatic nitrogens is 1. The summed E-state index contributed by atoms with van der Waals surface area (Å²) in [6.45, 7) is 3.92. The molecule has 1 aromatic heterocycles. The van der Waals surface area contributed by atoms with Crippen LogP contribution in [0.25, 0.3) is 0 Å². The Morgan fingerprint density at radius 3 is 2.56 bits per heavy atom. The van der Waals surface area contributed by atoms with Gasteiger partial charge in [-0.3, -0.25) is 4.79 Å². The number of amides is 1. The molecule has 1 amide bonds. The third-order valence-electron chi connectivity index (χ3n) is 2.31. The van der Waals surface area contributed by atoms with Crippen LogP contribution >= 0.6 is 11.3 Å². The Labute approximate surface area is 107 Å².